The predicted octanol–water partition coefficient (Wildman–Crippen LogP) is 2.72. The molecule has 0 spiro atoms. The SMILES string of the molecule is CN(C)S(=O)(=O)N(CC(=O)NC1CC(C)(C)Oc2ccccc21)c1ccccc1. The fourth-order valence-corrected chi connectivity index (χ4v) is 4.46. The van der Waals surface area contributed by atoms with Crippen LogP contribution >= 0.6 is 0 Å². The molecule has 7 nitrogen and oxygen atoms in total. The number of anilines is 1. The van der Waals surface area contributed by atoms with Crippen LogP contribution in [0.25, 0.3) is 0 Å². The predicted molar refractivity (Wildman–Crippen MR) is 113 cm³/mol. The second-order valence-electron chi connectivity index (χ2n) is 7.86. The highest BCUT2D eigenvalue weighted by molar-refractivity contribution is 7.90. The topological polar surface area (TPSA) is 79.0 Å². The molecule has 0 bridgehead atoms. The minimum atomic E-state index is -3.83. The van der Waals surface area contributed by atoms with Crippen LogP contribution in [0, 0.1) is 0 Å². The van der Waals surface area contributed by atoms with Crippen molar-refractivity contribution in [2.45, 2.75) is 31.9 Å². The van der Waals surface area contributed by atoms with Gasteiger partial charge in [0.2, 0.25) is 5.91 Å². The molecule has 0 aliphatic carbocycles. The molecule has 156 valence electrons. The molecule has 0 radical (unpaired) electrons. The van der Waals surface area contributed by atoms with Gasteiger partial charge in [-0.2, -0.15) is 12.7 Å². The van der Waals surface area contributed by atoms with Crippen LogP contribution in [0.5, 0.6) is 5.75 Å². The van der Waals surface area contributed by atoms with E-state index in [4.69, 9.17) is 4.74 Å². The van der Waals surface area contributed by atoms with Gasteiger partial charge in [-0.3, -0.25) is 4.79 Å². The third-order valence-electron chi connectivity index (χ3n) is 4.78. The zero-order valence-electron chi connectivity index (χ0n) is 17.1. The second-order valence-corrected chi connectivity index (χ2v) is 9.92. The number of benzene rings is 2. The summed E-state index contributed by atoms with van der Waals surface area (Å²) in [6, 6.07) is 15.9. The first-order valence-corrected chi connectivity index (χ1v) is 10.8. The molecule has 0 fully saturated rings. The van der Waals surface area contributed by atoms with Gasteiger partial charge in [0.05, 0.1) is 11.7 Å². The summed E-state index contributed by atoms with van der Waals surface area (Å²) in [5.74, 6) is 0.353. The van der Waals surface area contributed by atoms with E-state index in [-0.39, 0.29) is 18.5 Å². The average molecular weight is 418 g/mol. The monoisotopic (exact) mass is 417 g/mol. The van der Waals surface area contributed by atoms with Crippen molar-refractivity contribution in [3.05, 3.63) is 60.2 Å². The average Bonchev–Trinajstić information content (AvgIpc) is 2.65. The normalized spacial score (nSPS) is 17.9. The van der Waals surface area contributed by atoms with Gasteiger partial charge in [0.25, 0.3) is 0 Å². The summed E-state index contributed by atoms with van der Waals surface area (Å²) in [5.41, 5.74) is 0.882. The van der Waals surface area contributed by atoms with Gasteiger partial charge in [0.1, 0.15) is 17.9 Å². The lowest BCUT2D eigenvalue weighted by molar-refractivity contribution is -0.120. The summed E-state index contributed by atoms with van der Waals surface area (Å²) >= 11 is 0. The molecule has 2 aromatic carbocycles. The lowest BCUT2D eigenvalue weighted by Gasteiger charge is -2.38. The van der Waals surface area contributed by atoms with Crippen molar-refractivity contribution in [2.24, 2.45) is 0 Å². The number of carbonyl (C=O) groups excluding carboxylic acids is 1. The van der Waals surface area contributed by atoms with Crippen molar-refractivity contribution in [1.29, 1.82) is 0 Å². The molecule has 0 saturated carbocycles. The summed E-state index contributed by atoms with van der Waals surface area (Å²) in [6.07, 6.45) is 0.585. The Morgan fingerprint density at radius 3 is 2.38 bits per heavy atom. The van der Waals surface area contributed by atoms with Crippen LogP contribution in [-0.2, 0) is 15.0 Å². The maximum atomic E-state index is 12.9. The second kappa shape index (κ2) is 8.04. The Hall–Kier alpha value is -2.58. The smallest absolute Gasteiger partial charge is 0.304 e. The highest BCUT2D eigenvalue weighted by Gasteiger charge is 2.35. The van der Waals surface area contributed by atoms with E-state index in [1.807, 2.05) is 38.1 Å². The molecular formula is C21H27N3O4S. The molecule has 29 heavy (non-hydrogen) atoms. The Morgan fingerprint density at radius 2 is 1.72 bits per heavy atom. The molecule has 8 heteroatoms. The number of hydrogen-bond acceptors (Lipinski definition) is 4. The molecule has 1 N–H and O–H groups in total. The minimum absolute atomic E-state index is 0.262. The Kier molecular flexibility index (Phi) is 5.86. The van der Waals surface area contributed by atoms with Gasteiger partial charge in [-0.15, -0.1) is 0 Å². The number of ether oxygens (including phenoxy) is 1. The Balaban J connectivity index is 1.84. The van der Waals surface area contributed by atoms with Crippen LogP contribution in [0.4, 0.5) is 5.69 Å². The first kappa shape index (κ1) is 21.1. The van der Waals surface area contributed by atoms with E-state index in [2.05, 4.69) is 5.32 Å². The Labute approximate surface area is 172 Å². The van der Waals surface area contributed by atoms with E-state index in [0.29, 0.717) is 12.1 Å². The summed E-state index contributed by atoms with van der Waals surface area (Å²) in [6.45, 7) is 3.62. The summed E-state index contributed by atoms with van der Waals surface area (Å²) in [5, 5.41) is 3.00. The quantitative estimate of drug-likeness (QED) is 0.784. The number of nitrogens with one attached hydrogen (secondary N) is 1. The lowest BCUT2D eigenvalue weighted by atomic mass is 9.89. The van der Waals surface area contributed by atoms with E-state index in [1.54, 1.807) is 30.3 Å². The summed E-state index contributed by atoms with van der Waals surface area (Å²) in [4.78, 5) is 12.9. The van der Waals surface area contributed by atoms with Crippen molar-refractivity contribution in [3.8, 4) is 5.75 Å². The largest absolute Gasteiger partial charge is 0.487 e. The molecule has 0 aromatic heterocycles. The Morgan fingerprint density at radius 1 is 1.10 bits per heavy atom. The molecule has 1 heterocycles. The number of hydrogen-bond donors (Lipinski definition) is 1. The molecule has 1 unspecified atom stereocenters. The zero-order valence-corrected chi connectivity index (χ0v) is 17.9. The molecule has 1 amide bonds. The highest BCUT2D eigenvalue weighted by Crippen LogP contribution is 2.39. The number of nitrogens with zero attached hydrogens (tertiary/aromatic N) is 2. The fourth-order valence-electron chi connectivity index (χ4n) is 3.40. The first-order chi connectivity index (χ1) is 13.6. The Bertz CT molecular complexity index is 974. The number of fused-ring (bicyclic) bond motifs is 1. The first-order valence-electron chi connectivity index (χ1n) is 9.43. The molecule has 0 saturated heterocycles. The number of carbonyl (C=O) groups is 1. The van der Waals surface area contributed by atoms with Crippen molar-refractivity contribution in [2.75, 3.05) is 24.9 Å². The highest BCUT2D eigenvalue weighted by atomic mass is 32.2. The van der Waals surface area contributed by atoms with Gasteiger partial charge < -0.3 is 10.1 Å². The van der Waals surface area contributed by atoms with Crippen molar-refractivity contribution in [1.82, 2.24) is 9.62 Å². The van der Waals surface area contributed by atoms with Gasteiger partial charge >= 0.3 is 10.2 Å². The van der Waals surface area contributed by atoms with Gasteiger partial charge in [-0.05, 0) is 32.0 Å². The van der Waals surface area contributed by atoms with Crippen LogP contribution in [-0.4, -0.2) is 44.9 Å². The van der Waals surface area contributed by atoms with Gasteiger partial charge in [0, 0.05) is 26.1 Å². The van der Waals surface area contributed by atoms with Crippen LogP contribution in [0.15, 0.2) is 54.6 Å². The third-order valence-corrected chi connectivity index (χ3v) is 6.60. The number of amides is 1. The van der Waals surface area contributed by atoms with Crippen LogP contribution in [0.3, 0.4) is 0 Å². The summed E-state index contributed by atoms with van der Waals surface area (Å²) in [7, 11) is -0.940. The van der Waals surface area contributed by atoms with E-state index >= 15 is 0 Å². The van der Waals surface area contributed by atoms with Crippen molar-refractivity contribution >= 4 is 21.8 Å². The lowest BCUT2D eigenvalue weighted by Crippen LogP contribution is -2.48. The van der Waals surface area contributed by atoms with Crippen molar-refractivity contribution in [3.63, 3.8) is 0 Å². The van der Waals surface area contributed by atoms with Crippen LogP contribution < -0.4 is 14.4 Å². The minimum Gasteiger partial charge on any atom is -0.487 e. The van der Waals surface area contributed by atoms with Gasteiger partial charge in [-0.1, -0.05) is 36.4 Å². The van der Waals surface area contributed by atoms with Crippen LogP contribution in [0.2, 0.25) is 0 Å². The van der Waals surface area contributed by atoms with E-state index < -0.39 is 15.8 Å². The van der Waals surface area contributed by atoms with Crippen LogP contribution in [0.1, 0.15) is 31.9 Å². The van der Waals surface area contributed by atoms with E-state index in [9.17, 15) is 13.2 Å². The number of rotatable bonds is 6. The summed E-state index contributed by atoms with van der Waals surface area (Å²) < 4.78 is 33.8. The molecule has 3 rings (SSSR count). The van der Waals surface area contributed by atoms with Crippen molar-refractivity contribution < 1.29 is 17.9 Å². The molecule has 1 aliphatic heterocycles. The molecule has 1 atom stereocenters. The number of para-hydroxylation sites is 2. The maximum Gasteiger partial charge on any atom is 0.304 e. The third kappa shape index (κ3) is 4.71. The maximum absolute atomic E-state index is 12.9. The van der Waals surface area contributed by atoms with E-state index in [0.717, 1.165) is 19.9 Å². The molecule has 2 aromatic rings. The zero-order chi connectivity index (χ0) is 21.2. The van der Waals surface area contributed by atoms with E-state index in [1.165, 1.54) is 14.1 Å². The molecular weight excluding hydrogens is 390 g/mol. The van der Waals surface area contributed by atoms with Gasteiger partial charge in [0.15, 0.2) is 0 Å². The fraction of sp³-hybridized carbons (Fsp3) is 0.381. The standard InChI is InChI=1S/C21H27N3O4S/c1-21(2)14-18(17-12-8-9-13-19(17)28-21)22-20(25)15-24(29(26,27)23(3)4)16-10-6-5-7-11-16/h5-13,18H,14-15H2,1-4H3,(H,22,25). The van der Waals surface area contributed by atoms with Gasteiger partial charge in [-0.25, -0.2) is 4.31 Å². The molecule has 1 aliphatic rings.